The number of likely N-dealkylation sites (N-methyl/N-ethyl adjacent to an activating group) is 1. The zero-order valence-corrected chi connectivity index (χ0v) is 12.3. The van der Waals surface area contributed by atoms with Crippen LogP contribution in [-0.4, -0.2) is 36.8 Å². The monoisotopic (exact) mass is 290 g/mol. The molecule has 0 bridgehead atoms. The van der Waals surface area contributed by atoms with Gasteiger partial charge < -0.3 is 20.1 Å². The molecule has 1 aromatic carbocycles. The summed E-state index contributed by atoms with van der Waals surface area (Å²) in [6.07, 6.45) is 2.66. The number of rotatable bonds is 6. The lowest BCUT2D eigenvalue weighted by molar-refractivity contribution is -0.121. The molecule has 1 fully saturated rings. The molecule has 1 unspecified atom stereocenters. The van der Waals surface area contributed by atoms with Gasteiger partial charge in [-0.3, -0.25) is 4.79 Å². The molecule has 1 amide bonds. The molecule has 1 heterocycles. The Balaban J connectivity index is 1.71. The van der Waals surface area contributed by atoms with E-state index in [1.54, 1.807) is 4.90 Å². The molecule has 21 heavy (non-hydrogen) atoms. The van der Waals surface area contributed by atoms with E-state index in [9.17, 15) is 9.90 Å². The Bertz CT molecular complexity index is 528. The lowest BCUT2D eigenvalue weighted by Crippen LogP contribution is -2.38. The van der Waals surface area contributed by atoms with Gasteiger partial charge in [0.2, 0.25) is 0 Å². The molecule has 5 heteroatoms. The number of aliphatic hydroxyl groups is 1. The van der Waals surface area contributed by atoms with Gasteiger partial charge in [-0.1, -0.05) is 6.07 Å². The fraction of sp³-hybridized carbons (Fsp3) is 0.562. The Hall–Kier alpha value is -1.59. The Labute approximate surface area is 124 Å². The maximum Gasteiger partial charge on any atom is 0.265 e. The van der Waals surface area contributed by atoms with E-state index in [1.165, 1.54) is 12.8 Å². The Morgan fingerprint density at radius 2 is 2.29 bits per heavy atom. The summed E-state index contributed by atoms with van der Waals surface area (Å²) in [6, 6.07) is 6.25. The summed E-state index contributed by atoms with van der Waals surface area (Å²) in [5, 5.41) is 13.7. The van der Waals surface area contributed by atoms with Gasteiger partial charge in [0.15, 0.2) is 6.61 Å². The minimum absolute atomic E-state index is 0.0351. The van der Waals surface area contributed by atoms with Crippen molar-refractivity contribution in [1.82, 2.24) is 5.32 Å². The summed E-state index contributed by atoms with van der Waals surface area (Å²) in [4.78, 5) is 13.6. The first kappa shape index (κ1) is 14.4. The summed E-state index contributed by atoms with van der Waals surface area (Å²) in [7, 11) is 0. The molecule has 0 aromatic heterocycles. The third kappa shape index (κ3) is 3.19. The number of benzene rings is 1. The van der Waals surface area contributed by atoms with Gasteiger partial charge in [-0.05, 0) is 50.4 Å². The molecule has 0 radical (unpaired) electrons. The average Bonchev–Trinajstić information content (AvgIpc) is 3.30. The first-order valence-corrected chi connectivity index (χ1v) is 7.67. The number of amides is 1. The molecule has 1 saturated carbocycles. The Morgan fingerprint density at radius 3 is 3.00 bits per heavy atom. The van der Waals surface area contributed by atoms with Crippen LogP contribution in [0.2, 0.25) is 0 Å². The molecule has 3 rings (SSSR count). The smallest absolute Gasteiger partial charge is 0.265 e. The fourth-order valence-corrected chi connectivity index (χ4v) is 2.65. The zero-order valence-electron chi connectivity index (χ0n) is 12.3. The van der Waals surface area contributed by atoms with E-state index in [1.807, 2.05) is 25.1 Å². The molecule has 5 nitrogen and oxygen atoms in total. The highest BCUT2D eigenvalue weighted by Gasteiger charge is 2.25. The predicted molar refractivity (Wildman–Crippen MR) is 80.6 cm³/mol. The number of fused-ring (bicyclic) bond motifs is 1. The van der Waals surface area contributed by atoms with Gasteiger partial charge in [-0.2, -0.15) is 0 Å². The number of aliphatic hydroxyl groups excluding tert-OH is 1. The highest BCUT2D eigenvalue weighted by Crippen LogP contribution is 2.34. The molecule has 1 atom stereocenters. The number of nitrogens with one attached hydrogen (secondary N) is 1. The van der Waals surface area contributed by atoms with E-state index < -0.39 is 6.10 Å². The van der Waals surface area contributed by atoms with Crippen molar-refractivity contribution in [1.29, 1.82) is 0 Å². The average molecular weight is 290 g/mol. The van der Waals surface area contributed by atoms with Crippen LogP contribution in [0.3, 0.4) is 0 Å². The van der Waals surface area contributed by atoms with Crippen LogP contribution in [0.15, 0.2) is 18.2 Å². The summed E-state index contributed by atoms with van der Waals surface area (Å²) in [5.41, 5.74) is 1.60. The normalized spacial score (nSPS) is 19.1. The largest absolute Gasteiger partial charge is 0.482 e. The van der Waals surface area contributed by atoms with Gasteiger partial charge in [0.1, 0.15) is 5.75 Å². The number of hydrogen-bond acceptors (Lipinski definition) is 4. The molecule has 1 aromatic rings. The minimum atomic E-state index is -0.516. The lowest BCUT2D eigenvalue weighted by Gasteiger charge is -2.29. The van der Waals surface area contributed by atoms with Crippen molar-refractivity contribution >= 4 is 11.6 Å². The number of hydrogen-bond donors (Lipinski definition) is 2. The topological polar surface area (TPSA) is 61.8 Å². The number of nitrogens with zero attached hydrogens (tertiary/aromatic N) is 1. The van der Waals surface area contributed by atoms with Crippen molar-refractivity contribution in [3.05, 3.63) is 23.8 Å². The lowest BCUT2D eigenvalue weighted by atomic mass is 10.0. The molecule has 1 aliphatic heterocycles. The molecule has 2 aliphatic rings. The van der Waals surface area contributed by atoms with Gasteiger partial charge >= 0.3 is 0 Å². The van der Waals surface area contributed by atoms with Crippen molar-refractivity contribution in [3.63, 3.8) is 0 Å². The standard InChI is InChI=1S/C16H22N2O3/c1-2-18-13-9-11(3-6-15(13)21-10-16(18)20)14(19)7-8-17-12-4-5-12/h3,6,9,12,14,17,19H,2,4-5,7-8,10H2,1H3. The second-order valence-corrected chi connectivity index (χ2v) is 5.69. The van der Waals surface area contributed by atoms with Crippen LogP contribution in [0.5, 0.6) is 5.75 Å². The number of anilines is 1. The molecule has 2 N–H and O–H groups in total. The van der Waals surface area contributed by atoms with Crippen LogP contribution in [-0.2, 0) is 4.79 Å². The van der Waals surface area contributed by atoms with E-state index >= 15 is 0 Å². The van der Waals surface area contributed by atoms with Crippen LogP contribution >= 0.6 is 0 Å². The first-order valence-electron chi connectivity index (χ1n) is 7.67. The number of carbonyl (C=O) groups is 1. The Morgan fingerprint density at radius 1 is 1.48 bits per heavy atom. The summed E-state index contributed by atoms with van der Waals surface area (Å²) in [5.74, 6) is 0.676. The molecule has 0 spiro atoms. The fourth-order valence-electron chi connectivity index (χ4n) is 2.65. The maximum absolute atomic E-state index is 11.9. The van der Waals surface area contributed by atoms with Crippen LogP contribution in [0.25, 0.3) is 0 Å². The van der Waals surface area contributed by atoms with Gasteiger partial charge in [0.05, 0.1) is 11.8 Å². The summed E-state index contributed by atoms with van der Waals surface area (Å²) >= 11 is 0. The molecule has 114 valence electrons. The molecular formula is C16H22N2O3. The van der Waals surface area contributed by atoms with E-state index in [0.29, 0.717) is 24.8 Å². The number of carbonyl (C=O) groups excluding carboxylic acids is 1. The maximum atomic E-state index is 11.9. The zero-order chi connectivity index (χ0) is 14.8. The second kappa shape index (κ2) is 6.03. The van der Waals surface area contributed by atoms with E-state index in [-0.39, 0.29) is 12.5 Å². The first-order chi connectivity index (χ1) is 10.2. The third-order valence-electron chi connectivity index (χ3n) is 4.06. The second-order valence-electron chi connectivity index (χ2n) is 5.69. The van der Waals surface area contributed by atoms with Gasteiger partial charge in [-0.25, -0.2) is 0 Å². The van der Waals surface area contributed by atoms with Crippen molar-refractivity contribution in [2.45, 2.75) is 38.3 Å². The molecular weight excluding hydrogens is 268 g/mol. The van der Waals surface area contributed by atoms with Gasteiger partial charge in [0.25, 0.3) is 5.91 Å². The van der Waals surface area contributed by atoms with Gasteiger partial charge in [0, 0.05) is 12.6 Å². The molecule has 1 aliphatic carbocycles. The van der Waals surface area contributed by atoms with Crippen molar-refractivity contribution < 1.29 is 14.6 Å². The quantitative estimate of drug-likeness (QED) is 0.835. The number of ether oxygens (including phenoxy) is 1. The van der Waals surface area contributed by atoms with E-state index in [2.05, 4.69) is 5.32 Å². The summed E-state index contributed by atoms with van der Waals surface area (Å²) < 4.78 is 5.44. The van der Waals surface area contributed by atoms with Crippen LogP contribution in [0.1, 0.15) is 37.9 Å². The van der Waals surface area contributed by atoms with E-state index in [0.717, 1.165) is 17.8 Å². The van der Waals surface area contributed by atoms with Crippen molar-refractivity contribution in [2.24, 2.45) is 0 Å². The highest BCUT2D eigenvalue weighted by molar-refractivity contribution is 5.97. The molecule has 0 saturated heterocycles. The van der Waals surface area contributed by atoms with Crippen molar-refractivity contribution in [3.8, 4) is 5.75 Å². The van der Waals surface area contributed by atoms with Crippen LogP contribution in [0, 0.1) is 0 Å². The SMILES string of the molecule is CCN1C(=O)COc2ccc(C(O)CCNC3CC3)cc21. The predicted octanol–water partition coefficient (Wildman–Crippen LogP) is 1.61. The van der Waals surface area contributed by atoms with Crippen LogP contribution < -0.4 is 15.0 Å². The minimum Gasteiger partial charge on any atom is -0.482 e. The van der Waals surface area contributed by atoms with Crippen LogP contribution in [0.4, 0.5) is 5.69 Å². The van der Waals surface area contributed by atoms with E-state index in [4.69, 9.17) is 4.74 Å². The van der Waals surface area contributed by atoms with Crippen molar-refractivity contribution in [2.75, 3.05) is 24.6 Å². The summed E-state index contributed by atoms with van der Waals surface area (Å²) in [6.45, 7) is 3.46. The third-order valence-corrected chi connectivity index (χ3v) is 4.06. The van der Waals surface area contributed by atoms with Gasteiger partial charge in [-0.15, -0.1) is 0 Å². The highest BCUT2D eigenvalue weighted by atomic mass is 16.5. The Kier molecular flexibility index (Phi) is 4.12.